The molecule has 0 aliphatic carbocycles. The second-order valence-electron chi connectivity index (χ2n) is 4.96. The molecular weight excluding hydrogens is 273 g/mol. The van der Waals surface area contributed by atoms with Crippen LogP contribution < -0.4 is 5.32 Å². The van der Waals surface area contributed by atoms with Crippen LogP contribution in [0.3, 0.4) is 0 Å². The number of hydrogen-bond acceptors (Lipinski definition) is 3. The highest BCUT2D eigenvalue weighted by Crippen LogP contribution is 2.29. The molecule has 1 atom stereocenters. The lowest BCUT2D eigenvalue weighted by molar-refractivity contribution is -0.0749. The van der Waals surface area contributed by atoms with Gasteiger partial charge in [-0.1, -0.05) is 6.07 Å². The first-order chi connectivity index (χ1) is 9.28. The third-order valence-electron chi connectivity index (χ3n) is 3.04. The first kappa shape index (κ1) is 14.6. The second-order valence-corrected chi connectivity index (χ2v) is 4.96. The summed E-state index contributed by atoms with van der Waals surface area (Å²) in [6.45, 7) is 1.17. The van der Waals surface area contributed by atoms with Crippen molar-refractivity contribution in [3.63, 3.8) is 0 Å². The topological polar surface area (TPSA) is 41.6 Å². The van der Waals surface area contributed by atoms with Crippen LogP contribution in [0.25, 0.3) is 0 Å². The van der Waals surface area contributed by atoms with Crippen molar-refractivity contribution in [2.45, 2.75) is 19.0 Å². The molecule has 2 rings (SSSR count). The largest absolute Gasteiger partial charge is 0.438 e. The Balaban J connectivity index is 1.99. The van der Waals surface area contributed by atoms with Gasteiger partial charge in [0.25, 0.3) is 5.92 Å². The maximum Gasteiger partial charge on any atom is 0.412 e. The summed E-state index contributed by atoms with van der Waals surface area (Å²) in [6.07, 6.45) is -2.62. The van der Waals surface area contributed by atoms with Crippen molar-refractivity contribution in [1.82, 2.24) is 4.90 Å². The number of nitrogens with zero attached hydrogens (tertiary/aromatic N) is 1. The van der Waals surface area contributed by atoms with E-state index in [1.54, 1.807) is 13.0 Å². The summed E-state index contributed by atoms with van der Waals surface area (Å²) in [7, 11) is 1.51. The van der Waals surface area contributed by atoms with Gasteiger partial charge in [0.15, 0.2) is 6.10 Å². The van der Waals surface area contributed by atoms with E-state index in [0.717, 1.165) is 0 Å². The molecule has 1 heterocycles. The van der Waals surface area contributed by atoms with Crippen LogP contribution in [0.15, 0.2) is 18.2 Å². The molecule has 4 nitrogen and oxygen atoms in total. The summed E-state index contributed by atoms with van der Waals surface area (Å²) in [5.74, 6) is -3.74. The van der Waals surface area contributed by atoms with Crippen LogP contribution in [-0.4, -0.2) is 43.2 Å². The number of carbonyl (C=O) groups is 1. The molecule has 0 unspecified atom stereocenters. The zero-order valence-corrected chi connectivity index (χ0v) is 11.1. The predicted octanol–water partition coefficient (Wildman–Crippen LogP) is 2.63. The average Bonchev–Trinajstić information content (AvgIpc) is 2.55. The number of anilines is 1. The molecule has 0 radical (unpaired) electrons. The highest BCUT2D eigenvalue weighted by Gasteiger charge is 2.49. The van der Waals surface area contributed by atoms with Crippen LogP contribution in [0.2, 0.25) is 0 Å². The van der Waals surface area contributed by atoms with Gasteiger partial charge < -0.3 is 4.74 Å². The van der Waals surface area contributed by atoms with Crippen LogP contribution in [0, 0.1) is 12.7 Å². The summed E-state index contributed by atoms with van der Waals surface area (Å²) >= 11 is 0. The molecule has 20 heavy (non-hydrogen) atoms. The van der Waals surface area contributed by atoms with Crippen LogP contribution in [0.5, 0.6) is 0 Å². The van der Waals surface area contributed by atoms with Crippen molar-refractivity contribution in [3.05, 3.63) is 29.6 Å². The maximum absolute atomic E-state index is 13.5. The van der Waals surface area contributed by atoms with Crippen LogP contribution in [-0.2, 0) is 4.74 Å². The Morgan fingerprint density at radius 1 is 1.50 bits per heavy atom. The number of nitrogens with one attached hydrogen (secondary N) is 1. The molecule has 0 bridgehead atoms. The fraction of sp³-hybridized carbons (Fsp3) is 0.462. The number of alkyl halides is 2. The highest BCUT2D eigenvalue weighted by molar-refractivity contribution is 5.85. The van der Waals surface area contributed by atoms with Crippen LogP contribution in [0.1, 0.15) is 5.56 Å². The van der Waals surface area contributed by atoms with E-state index < -0.39 is 30.5 Å². The van der Waals surface area contributed by atoms with Crippen molar-refractivity contribution in [2.24, 2.45) is 0 Å². The van der Waals surface area contributed by atoms with Crippen molar-refractivity contribution in [3.8, 4) is 0 Å². The Morgan fingerprint density at radius 3 is 2.75 bits per heavy atom. The van der Waals surface area contributed by atoms with Gasteiger partial charge in [-0.2, -0.15) is 0 Å². The Kier molecular flexibility index (Phi) is 3.89. The van der Waals surface area contributed by atoms with E-state index in [1.165, 1.54) is 24.1 Å². The van der Waals surface area contributed by atoms with Crippen molar-refractivity contribution < 1.29 is 22.7 Å². The second kappa shape index (κ2) is 5.32. The Hall–Kier alpha value is -1.76. The Bertz CT molecular complexity index is 522. The molecule has 1 amide bonds. The van der Waals surface area contributed by atoms with Crippen LogP contribution in [0.4, 0.5) is 23.7 Å². The van der Waals surface area contributed by atoms with E-state index in [1.807, 2.05) is 0 Å². The zero-order valence-electron chi connectivity index (χ0n) is 11.1. The molecule has 1 N–H and O–H groups in total. The lowest BCUT2D eigenvalue weighted by atomic mass is 10.2. The molecule has 1 aliphatic rings. The number of aryl methyl sites for hydroxylation is 1. The van der Waals surface area contributed by atoms with Gasteiger partial charge in [0.05, 0.1) is 12.2 Å². The SMILES string of the molecule is Cc1ccc(NC(=O)O[C@H]2CN(C)CC2(F)F)c(F)c1. The molecule has 1 aromatic rings. The first-order valence-electron chi connectivity index (χ1n) is 6.08. The van der Waals surface area contributed by atoms with E-state index in [0.29, 0.717) is 5.56 Å². The molecule has 1 aliphatic heterocycles. The molecule has 0 spiro atoms. The van der Waals surface area contributed by atoms with E-state index in [-0.39, 0.29) is 12.2 Å². The fourth-order valence-corrected chi connectivity index (χ4v) is 2.06. The Morgan fingerprint density at radius 2 is 2.20 bits per heavy atom. The minimum Gasteiger partial charge on any atom is -0.438 e. The molecule has 1 fully saturated rings. The summed E-state index contributed by atoms with van der Waals surface area (Å²) in [4.78, 5) is 12.9. The summed E-state index contributed by atoms with van der Waals surface area (Å²) in [5.41, 5.74) is 0.584. The fourth-order valence-electron chi connectivity index (χ4n) is 2.06. The number of hydrogen-bond donors (Lipinski definition) is 1. The van der Waals surface area contributed by atoms with Crippen molar-refractivity contribution in [2.75, 3.05) is 25.5 Å². The van der Waals surface area contributed by atoms with Gasteiger partial charge in [0, 0.05) is 6.54 Å². The van der Waals surface area contributed by atoms with Gasteiger partial charge in [-0.05, 0) is 31.7 Å². The van der Waals surface area contributed by atoms with E-state index in [4.69, 9.17) is 0 Å². The van der Waals surface area contributed by atoms with Crippen molar-refractivity contribution in [1.29, 1.82) is 0 Å². The number of benzene rings is 1. The maximum atomic E-state index is 13.5. The number of likely N-dealkylation sites (N-methyl/N-ethyl adjacent to an activating group) is 1. The minimum absolute atomic E-state index is 0.0587. The predicted molar refractivity (Wildman–Crippen MR) is 67.5 cm³/mol. The highest BCUT2D eigenvalue weighted by atomic mass is 19.3. The van der Waals surface area contributed by atoms with Crippen molar-refractivity contribution >= 4 is 11.8 Å². The number of carbonyl (C=O) groups excluding carboxylic acids is 1. The van der Waals surface area contributed by atoms with Gasteiger partial charge >= 0.3 is 6.09 Å². The number of ether oxygens (including phenoxy) is 1. The van der Waals surface area contributed by atoms with E-state index in [2.05, 4.69) is 10.1 Å². The standard InChI is InChI=1S/C13H15F3N2O2/c1-8-3-4-10(9(14)5-8)17-12(19)20-11-6-18(2)7-13(11,15)16/h3-5,11H,6-7H2,1-2H3,(H,17,19)/t11-/m0/s1. The lowest BCUT2D eigenvalue weighted by Crippen LogP contribution is -2.37. The van der Waals surface area contributed by atoms with Gasteiger partial charge in [-0.25, -0.2) is 18.0 Å². The average molecular weight is 288 g/mol. The van der Waals surface area contributed by atoms with Crippen LogP contribution >= 0.6 is 0 Å². The number of rotatable bonds is 2. The van der Waals surface area contributed by atoms with E-state index >= 15 is 0 Å². The summed E-state index contributed by atoms with van der Waals surface area (Å²) in [5, 5.41) is 2.13. The molecule has 7 heteroatoms. The number of amides is 1. The molecule has 1 saturated heterocycles. The molecule has 0 saturated carbocycles. The first-order valence-corrected chi connectivity index (χ1v) is 6.08. The number of halogens is 3. The third kappa shape index (κ3) is 3.22. The third-order valence-corrected chi connectivity index (χ3v) is 3.04. The monoisotopic (exact) mass is 288 g/mol. The lowest BCUT2D eigenvalue weighted by Gasteiger charge is -2.18. The molecule has 110 valence electrons. The van der Waals surface area contributed by atoms with Gasteiger partial charge in [0.1, 0.15) is 5.82 Å². The summed E-state index contributed by atoms with van der Waals surface area (Å²) < 4.78 is 45.1. The smallest absolute Gasteiger partial charge is 0.412 e. The molecule has 1 aromatic carbocycles. The van der Waals surface area contributed by atoms with Gasteiger partial charge in [0.2, 0.25) is 0 Å². The summed E-state index contributed by atoms with van der Waals surface area (Å²) in [6, 6.07) is 4.18. The minimum atomic E-state index is -3.10. The zero-order chi connectivity index (χ0) is 14.9. The quantitative estimate of drug-likeness (QED) is 0.909. The molecular formula is C13H15F3N2O2. The normalized spacial score (nSPS) is 21.8. The molecule has 0 aromatic heterocycles. The Labute approximate surface area is 114 Å². The number of likely N-dealkylation sites (tertiary alicyclic amines) is 1. The van der Waals surface area contributed by atoms with Gasteiger partial charge in [-0.15, -0.1) is 0 Å². The van der Waals surface area contributed by atoms with Gasteiger partial charge in [-0.3, -0.25) is 10.2 Å². The van der Waals surface area contributed by atoms with E-state index in [9.17, 15) is 18.0 Å².